The van der Waals surface area contributed by atoms with Crippen molar-refractivity contribution in [1.82, 2.24) is 20.4 Å². The SMILES string of the molecule is C[C@@H]1CNCCN1C(=O)c1n[nH]c2c1CCC2.Cl. The maximum atomic E-state index is 12.4. The van der Waals surface area contributed by atoms with Gasteiger partial charge in [0, 0.05) is 36.9 Å². The highest BCUT2D eigenvalue weighted by Gasteiger charge is 2.29. The van der Waals surface area contributed by atoms with Crippen molar-refractivity contribution in [3.05, 3.63) is 17.0 Å². The minimum absolute atomic E-state index is 0. The molecule has 0 spiro atoms. The highest BCUT2D eigenvalue weighted by atomic mass is 35.5. The van der Waals surface area contributed by atoms with Gasteiger partial charge in [0.15, 0.2) is 5.69 Å². The highest BCUT2D eigenvalue weighted by molar-refractivity contribution is 5.94. The van der Waals surface area contributed by atoms with Gasteiger partial charge in [-0.25, -0.2) is 0 Å². The summed E-state index contributed by atoms with van der Waals surface area (Å²) in [5.74, 6) is 0.0957. The molecule has 1 aliphatic carbocycles. The molecule has 5 nitrogen and oxygen atoms in total. The Labute approximate surface area is 113 Å². The molecule has 0 unspecified atom stereocenters. The van der Waals surface area contributed by atoms with Crippen LogP contribution < -0.4 is 5.32 Å². The minimum Gasteiger partial charge on any atom is -0.332 e. The molecule has 1 atom stereocenters. The Bertz CT molecular complexity index is 445. The van der Waals surface area contributed by atoms with Crippen LogP contribution in [0.4, 0.5) is 0 Å². The van der Waals surface area contributed by atoms with Gasteiger partial charge >= 0.3 is 0 Å². The second-order valence-electron chi connectivity index (χ2n) is 4.93. The Hall–Kier alpha value is -1.07. The average molecular weight is 271 g/mol. The zero-order chi connectivity index (χ0) is 11.8. The van der Waals surface area contributed by atoms with E-state index in [1.165, 1.54) is 0 Å². The Morgan fingerprint density at radius 2 is 2.28 bits per heavy atom. The topological polar surface area (TPSA) is 61.0 Å². The summed E-state index contributed by atoms with van der Waals surface area (Å²) in [6, 6.07) is 0.255. The van der Waals surface area contributed by atoms with E-state index in [0.717, 1.165) is 50.2 Å². The van der Waals surface area contributed by atoms with Crippen LogP contribution in [0.25, 0.3) is 0 Å². The van der Waals surface area contributed by atoms with Gasteiger partial charge in [0.05, 0.1) is 0 Å². The first-order valence-electron chi connectivity index (χ1n) is 6.35. The first kappa shape index (κ1) is 13.4. The molecule has 1 saturated heterocycles. The van der Waals surface area contributed by atoms with E-state index < -0.39 is 0 Å². The number of amides is 1. The number of nitrogens with one attached hydrogen (secondary N) is 2. The number of carbonyl (C=O) groups is 1. The molecule has 1 aliphatic heterocycles. The number of piperazine rings is 1. The van der Waals surface area contributed by atoms with Gasteiger partial charge in [0.25, 0.3) is 5.91 Å². The summed E-state index contributed by atoms with van der Waals surface area (Å²) in [4.78, 5) is 14.4. The number of fused-ring (bicyclic) bond motifs is 1. The first-order valence-corrected chi connectivity index (χ1v) is 6.35. The molecule has 1 amide bonds. The van der Waals surface area contributed by atoms with E-state index in [-0.39, 0.29) is 24.4 Å². The number of aromatic nitrogens is 2. The largest absolute Gasteiger partial charge is 0.332 e. The van der Waals surface area contributed by atoms with Crippen LogP contribution in [0.15, 0.2) is 0 Å². The van der Waals surface area contributed by atoms with Gasteiger partial charge in [-0.1, -0.05) is 0 Å². The van der Waals surface area contributed by atoms with Crippen LogP contribution in [-0.2, 0) is 12.8 Å². The molecule has 2 aliphatic rings. The third-order valence-corrected chi connectivity index (χ3v) is 3.77. The quantitative estimate of drug-likeness (QED) is 0.792. The van der Waals surface area contributed by atoms with Crippen molar-refractivity contribution < 1.29 is 4.79 Å². The molecule has 100 valence electrons. The number of carbonyl (C=O) groups excluding carboxylic acids is 1. The number of rotatable bonds is 1. The number of hydrogen-bond donors (Lipinski definition) is 2. The van der Waals surface area contributed by atoms with Crippen molar-refractivity contribution in [3.8, 4) is 0 Å². The lowest BCUT2D eigenvalue weighted by atomic mass is 10.1. The van der Waals surface area contributed by atoms with Crippen LogP contribution in [0.5, 0.6) is 0 Å². The van der Waals surface area contributed by atoms with Gasteiger partial charge in [-0.15, -0.1) is 12.4 Å². The van der Waals surface area contributed by atoms with Gasteiger partial charge in [-0.05, 0) is 26.2 Å². The molecule has 2 N–H and O–H groups in total. The Morgan fingerprint density at radius 3 is 3.06 bits per heavy atom. The van der Waals surface area contributed by atoms with E-state index in [1.54, 1.807) is 0 Å². The van der Waals surface area contributed by atoms with Gasteiger partial charge in [0.2, 0.25) is 0 Å². The lowest BCUT2D eigenvalue weighted by molar-refractivity contribution is 0.0648. The van der Waals surface area contributed by atoms with Crippen LogP contribution in [0.1, 0.15) is 35.1 Å². The predicted molar refractivity (Wildman–Crippen MR) is 71.2 cm³/mol. The van der Waals surface area contributed by atoms with E-state index in [9.17, 15) is 4.79 Å². The van der Waals surface area contributed by atoms with Crippen molar-refractivity contribution in [2.75, 3.05) is 19.6 Å². The summed E-state index contributed by atoms with van der Waals surface area (Å²) in [5.41, 5.74) is 2.98. The molecule has 0 bridgehead atoms. The standard InChI is InChI=1S/C12H18N4O.ClH/c1-8-7-13-5-6-16(8)12(17)11-9-3-2-4-10(9)14-15-11;/h8,13H,2-7H2,1H3,(H,14,15);1H/t8-;/m1./s1. The van der Waals surface area contributed by atoms with Crippen molar-refractivity contribution in [3.63, 3.8) is 0 Å². The number of hydrogen-bond acceptors (Lipinski definition) is 3. The summed E-state index contributed by atoms with van der Waals surface area (Å²) in [7, 11) is 0. The van der Waals surface area contributed by atoms with Crippen molar-refractivity contribution >= 4 is 18.3 Å². The molecule has 18 heavy (non-hydrogen) atoms. The normalized spacial score (nSPS) is 22.5. The lowest BCUT2D eigenvalue weighted by Crippen LogP contribution is -2.52. The van der Waals surface area contributed by atoms with Gasteiger partial charge in [-0.2, -0.15) is 5.10 Å². The number of aryl methyl sites for hydroxylation is 1. The third kappa shape index (κ3) is 2.12. The smallest absolute Gasteiger partial charge is 0.274 e. The second kappa shape index (κ2) is 5.28. The predicted octanol–water partition coefficient (Wildman–Crippen LogP) is 0.754. The second-order valence-corrected chi connectivity index (χ2v) is 4.93. The molecular formula is C12H19ClN4O. The fourth-order valence-corrected chi connectivity index (χ4v) is 2.77. The molecular weight excluding hydrogens is 252 g/mol. The first-order chi connectivity index (χ1) is 8.27. The van der Waals surface area contributed by atoms with Crippen LogP contribution in [0, 0.1) is 0 Å². The zero-order valence-corrected chi connectivity index (χ0v) is 11.3. The minimum atomic E-state index is 0. The van der Waals surface area contributed by atoms with Crippen molar-refractivity contribution in [2.45, 2.75) is 32.2 Å². The Kier molecular flexibility index (Phi) is 3.92. The summed E-state index contributed by atoms with van der Waals surface area (Å²) < 4.78 is 0. The van der Waals surface area contributed by atoms with E-state index in [2.05, 4.69) is 22.4 Å². The molecule has 0 radical (unpaired) electrons. The van der Waals surface area contributed by atoms with E-state index in [1.807, 2.05) is 4.90 Å². The fraction of sp³-hybridized carbons (Fsp3) is 0.667. The lowest BCUT2D eigenvalue weighted by Gasteiger charge is -2.33. The third-order valence-electron chi connectivity index (χ3n) is 3.77. The van der Waals surface area contributed by atoms with Crippen LogP contribution in [0.3, 0.4) is 0 Å². The molecule has 1 fully saturated rings. The van der Waals surface area contributed by atoms with Crippen LogP contribution in [0.2, 0.25) is 0 Å². The molecule has 2 heterocycles. The number of aromatic amines is 1. The van der Waals surface area contributed by atoms with Gasteiger partial charge in [-0.3, -0.25) is 9.89 Å². The Morgan fingerprint density at radius 1 is 1.44 bits per heavy atom. The molecule has 6 heteroatoms. The van der Waals surface area contributed by atoms with Gasteiger partial charge in [0.1, 0.15) is 0 Å². The van der Waals surface area contributed by atoms with Crippen LogP contribution >= 0.6 is 12.4 Å². The van der Waals surface area contributed by atoms with Gasteiger partial charge < -0.3 is 10.2 Å². The van der Waals surface area contributed by atoms with E-state index in [0.29, 0.717) is 5.69 Å². The zero-order valence-electron chi connectivity index (χ0n) is 10.5. The number of nitrogens with zero attached hydrogens (tertiary/aromatic N) is 2. The Balaban J connectivity index is 0.00000120. The monoisotopic (exact) mass is 270 g/mol. The molecule has 1 aromatic heterocycles. The van der Waals surface area contributed by atoms with E-state index in [4.69, 9.17) is 0 Å². The number of halogens is 1. The van der Waals surface area contributed by atoms with Crippen molar-refractivity contribution in [1.29, 1.82) is 0 Å². The fourth-order valence-electron chi connectivity index (χ4n) is 2.77. The highest BCUT2D eigenvalue weighted by Crippen LogP contribution is 2.24. The average Bonchev–Trinajstić information content (AvgIpc) is 2.90. The summed E-state index contributed by atoms with van der Waals surface area (Å²) >= 11 is 0. The van der Waals surface area contributed by atoms with Crippen molar-refractivity contribution in [2.24, 2.45) is 0 Å². The number of H-pyrrole nitrogens is 1. The maximum absolute atomic E-state index is 12.4. The van der Waals surface area contributed by atoms with Crippen LogP contribution in [-0.4, -0.2) is 46.7 Å². The maximum Gasteiger partial charge on any atom is 0.274 e. The molecule has 0 saturated carbocycles. The molecule has 1 aromatic rings. The summed E-state index contributed by atoms with van der Waals surface area (Å²) in [6.07, 6.45) is 3.17. The summed E-state index contributed by atoms with van der Waals surface area (Å²) in [6.45, 7) is 4.61. The summed E-state index contributed by atoms with van der Waals surface area (Å²) in [5, 5.41) is 10.5. The van der Waals surface area contributed by atoms with E-state index >= 15 is 0 Å². The molecule has 0 aromatic carbocycles. The molecule has 3 rings (SSSR count).